The molecule has 0 aliphatic rings. The molecule has 0 aliphatic carbocycles. The van der Waals surface area contributed by atoms with Gasteiger partial charge in [0.25, 0.3) is 0 Å². The molecule has 0 bridgehead atoms. The molecule has 0 fully saturated rings. The first-order valence-corrected chi connectivity index (χ1v) is 3.47. The molecular weight excluding hydrogens is 130 g/mol. The molecule has 0 saturated heterocycles. The second-order valence-corrected chi connectivity index (χ2v) is 2.69. The van der Waals surface area contributed by atoms with Gasteiger partial charge in [-0.1, -0.05) is 0 Å². The Labute approximate surface area is 61.4 Å². The zero-order chi connectivity index (χ0) is 8.15. The zero-order valence-corrected chi connectivity index (χ0v) is 6.72. The van der Waals surface area contributed by atoms with Gasteiger partial charge in [-0.3, -0.25) is 4.79 Å². The van der Waals surface area contributed by atoms with Gasteiger partial charge in [0.1, 0.15) is 0 Å². The lowest BCUT2D eigenvalue weighted by atomic mass is 10.1. The minimum Gasteiger partial charge on any atom is -0.393 e. The molecule has 0 aromatic rings. The highest BCUT2D eigenvalue weighted by Crippen LogP contribution is 1.95. The number of hydrogen-bond acceptors (Lipinski definition) is 2. The van der Waals surface area contributed by atoms with E-state index in [1.54, 1.807) is 6.92 Å². The molecule has 3 heteroatoms. The summed E-state index contributed by atoms with van der Waals surface area (Å²) in [5.74, 6) is -0.0480. The Hall–Kier alpha value is -0.570. The summed E-state index contributed by atoms with van der Waals surface area (Å²) >= 11 is 0. The first kappa shape index (κ1) is 9.43. The number of nitrogens with one attached hydrogen (secondary N) is 1. The summed E-state index contributed by atoms with van der Waals surface area (Å²) in [6.45, 7) is 5.05. The second kappa shape index (κ2) is 4.28. The van der Waals surface area contributed by atoms with E-state index >= 15 is 0 Å². The Balaban J connectivity index is 3.43. The lowest BCUT2D eigenvalue weighted by molar-refractivity contribution is -0.119. The standard InChI is InChI=1S/C7H15NO2/c1-5(4-6(2)9)8-7(3)10/h5-6,9H,4H2,1-3H3,(H,8,10). The summed E-state index contributed by atoms with van der Waals surface area (Å²) in [7, 11) is 0. The van der Waals surface area contributed by atoms with Gasteiger partial charge in [-0.2, -0.15) is 0 Å². The summed E-state index contributed by atoms with van der Waals surface area (Å²) in [5, 5.41) is 11.6. The number of carbonyl (C=O) groups excluding carboxylic acids is 1. The van der Waals surface area contributed by atoms with E-state index in [1.165, 1.54) is 6.92 Å². The van der Waals surface area contributed by atoms with Crippen LogP contribution < -0.4 is 5.32 Å². The third-order valence-electron chi connectivity index (χ3n) is 1.14. The smallest absolute Gasteiger partial charge is 0.217 e. The van der Waals surface area contributed by atoms with Crippen LogP contribution in [0.1, 0.15) is 27.2 Å². The van der Waals surface area contributed by atoms with Crippen molar-refractivity contribution in [2.45, 2.75) is 39.3 Å². The van der Waals surface area contributed by atoms with Crippen LogP contribution in [0.2, 0.25) is 0 Å². The Kier molecular flexibility index (Phi) is 4.03. The maximum absolute atomic E-state index is 10.4. The molecule has 2 N–H and O–H groups in total. The predicted molar refractivity (Wildman–Crippen MR) is 39.6 cm³/mol. The van der Waals surface area contributed by atoms with Gasteiger partial charge in [0.05, 0.1) is 6.10 Å². The van der Waals surface area contributed by atoms with Gasteiger partial charge in [-0.15, -0.1) is 0 Å². The number of rotatable bonds is 3. The number of carbonyl (C=O) groups is 1. The van der Waals surface area contributed by atoms with Crippen molar-refractivity contribution in [3.63, 3.8) is 0 Å². The lowest BCUT2D eigenvalue weighted by Crippen LogP contribution is -2.32. The molecule has 0 radical (unpaired) electrons. The molecule has 3 nitrogen and oxygen atoms in total. The second-order valence-electron chi connectivity index (χ2n) is 2.69. The van der Waals surface area contributed by atoms with Crippen LogP contribution in [0.4, 0.5) is 0 Å². The first-order valence-electron chi connectivity index (χ1n) is 3.47. The molecule has 0 aromatic heterocycles. The third kappa shape index (κ3) is 5.56. The Morgan fingerprint density at radius 3 is 2.40 bits per heavy atom. The number of aliphatic hydroxyl groups excluding tert-OH is 1. The molecule has 0 saturated carbocycles. The van der Waals surface area contributed by atoms with Crippen LogP contribution in [-0.2, 0) is 4.79 Å². The third-order valence-corrected chi connectivity index (χ3v) is 1.14. The summed E-state index contributed by atoms with van der Waals surface area (Å²) in [6.07, 6.45) is 0.265. The fourth-order valence-electron chi connectivity index (χ4n) is 0.918. The van der Waals surface area contributed by atoms with Crippen LogP contribution in [0.25, 0.3) is 0 Å². The van der Waals surface area contributed by atoms with Crippen molar-refractivity contribution < 1.29 is 9.90 Å². The maximum Gasteiger partial charge on any atom is 0.217 e. The Morgan fingerprint density at radius 2 is 2.10 bits per heavy atom. The average Bonchev–Trinajstić information content (AvgIpc) is 1.58. The van der Waals surface area contributed by atoms with Crippen LogP contribution >= 0.6 is 0 Å². The highest BCUT2D eigenvalue weighted by Gasteiger charge is 2.05. The van der Waals surface area contributed by atoms with E-state index in [9.17, 15) is 4.79 Å². The molecule has 0 heterocycles. The molecular formula is C7H15NO2. The van der Waals surface area contributed by atoms with Crippen molar-refractivity contribution in [3.05, 3.63) is 0 Å². The zero-order valence-electron chi connectivity index (χ0n) is 6.72. The minimum absolute atomic E-state index is 0.0480. The van der Waals surface area contributed by atoms with Crippen molar-refractivity contribution in [1.29, 1.82) is 0 Å². The fourth-order valence-corrected chi connectivity index (χ4v) is 0.918. The van der Waals surface area contributed by atoms with Crippen LogP contribution in [0, 0.1) is 0 Å². The first-order chi connectivity index (χ1) is 4.52. The van der Waals surface area contributed by atoms with Crippen molar-refractivity contribution in [3.8, 4) is 0 Å². The van der Waals surface area contributed by atoms with E-state index in [0.717, 1.165) is 0 Å². The number of amides is 1. The summed E-state index contributed by atoms with van der Waals surface area (Å²) in [4.78, 5) is 10.4. The van der Waals surface area contributed by atoms with Gasteiger partial charge in [0, 0.05) is 13.0 Å². The SMILES string of the molecule is CC(=O)NC(C)CC(C)O. The molecule has 0 aliphatic heterocycles. The van der Waals surface area contributed by atoms with Crippen molar-refractivity contribution >= 4 is 5.91 Å². The number of aliphatic hydroxyl groups is 1. The predicted octanol–water partition coefficient (Wildman–Crippen LogP) is 0.282. The van der Waals surface area contributed by atoms with Gasteiger partial charge in [0.15, 0.2) is 0 Å². The van der Waals surface area contributed by atoms with Gasteiger partial charge in [0.2, 0.25) is 5.91 Å². The molecule has 1 amide bonds. The van der Waals surface area contributed by atoms with E-state index in [0.29, 0.717) is 6.42 Å². The Bertz CT molecular complexity index is 112. The quantitative estimate of drug-likeness (QED) is 0.599. The Morgan fingerprint density at radius 1 is 1.60 bits per heavy atom. The fraction of sp³-hybridized carbons (Fsp3) is 0.857. The van der Waals surface area contributed by atoms with Crippen molar-refractivity contribution in [2.24, 2.45) is 0 Å². The highest BCUT2D eigenvalue weighted by atomic mass is 16.3. The minimum atomic E-state index is -0.346. The molecule has 60 valence electrons. The monoisotopic (exact) mass is 145 g/mol. The molecule has 2 unspecified atom stereocenters. The summed E-state index contributed by atoms with van der Waals surface area (Å²) in [5.41, 5.74) is 0. The van der Waals surface area contributed by atoms with Crippen molar-refractivity contribution in [1.82, 2.24) is 5.32 Å². The maximum atomic E-state index is 10.4. The van der Waals surface area contributed by atoms with Crippen molar-refractivity contribution in [2.75, 3.05) is 0 Å². The topological polar surface area (TPSA) is 49.3 Å². The highest BCUT2D eigenvalue weighted by molar-refractivity contribution is 5.73. The van der Waals surface area contributed by atoms with Gasteiger partial charge in [-0.25, -0.2) is 0 Å². The van der Waals surface area contributed by atoms with E-state index in [1.807, 2.05) is 6.92 Å². The molecule has 0 spiro atoms. The normalized spacial score (nSPS) is 16.0. The molecule has 0 aromatic carbocycles. The molecule has 10 heavy (non-hydrogen) atoms. The van der Waals surface area contributed by atoms with Gasteiger partial charge in [-0.05, 0) is 20.3 Å². The number of hydrogen-bond donors (Lipinski definition) is 2. The molecule has 0 rings (SSSR count). The van der Waals surface area contributed by atoms with E-state index < -0.39 is 0 Å². The summed E-state index contributed by atoms with van der Waals surface area (Å²) in [6, 6.07) is 0.0671. The van der Waals surface area contributed by atoms with E-state index in [2.05, 4.69) is 5.32 Å². The van der Waals surface area contributed by atoms with Gasteiger partial charge < -0.3 is 10.4 Å². The van der Waals surface area contributed by atoms with Gasteiger partial charge >= 0.3 is 0 Å². The van der Waals surface area contributed by atoms with Crippen LogP contribution in [0.15, 0.2) is 0 Å². The van der Waals surface area contributed by atoms with Crippen LogP contribution in [0.3, 0.4) is 0 Å². The van der Waals surface area contributed by atoms with Crippen LogP contribution in [-0.4, -0.2) is 23.2 Å². The largest absolute Gasteiger partial charge is 0.393 e. The van der Waals surface area contributed by atoms with E-state index in [-0.39, 0.29) is 18.1 Å². The van der Waals surface area contributed by atoms with E-state index in [4.69, 9.17) is 5.11 Å². The molecule has 2 atom stereocenters. The average molecular weight is 145 g/mol. The van der Waals surface area contributed by atoms with Crippen LogP contribution in [0.5, 0.6) is 0 Å². The lowest BCUT2D eigenvalue weighted by Gasteiger charge is -2.13. The summed E-state index contributed by atoms with van der Waals surface area (Å²) < 4.78 is 0.